The Bertz CT molecular complexity index is 1620. The van der Waals surface area contributed by atoms with Crippen molar-refractivity contribution in [2.24, 2.45) is 5.92 Å². The number of nitrogens with one attached hydrogen (secondary N) is 2. The van der Waals surface area contributed by atoms with Crippen LogP contribution < -0.4 is 10.7 Å². The molecule has 0 saturated carbocycles. The number of nitriles is 1. The first-order valence-electron chi connectivity index (χ1n) is 14.3. The van der Waals surface area contributed by atoms with Crippen molar-refractivity contribution in [2.45, 2.75) is 45.6 Å². The molecular formula is C33H33Cl2FN6OS. The van der Waals surface area contributed by atoms with Crippen LogP contribution in [0.2, 0.25) is 10.0 Å². The highest BCUT2D eigenvalue weighted by Gasteiger charge is 2.32. The lowest BCUT2D eigenvalue weighted by molar-refractivity contribution is -0.131. The van der Waals surface area contributed by atoms with E-state index in [9.17, 15) is 14.4 Å². The van der Waals surface area contributed by atoms with Crippen molar-refractivity contribution < 1.29 is 9.18 Å². The van der Waals surface area contributed by atoms with Gasteiger partial charge in [-0.1, -0.05) is 67.7 Å². The summed E-state index contributed by atoms with van der Waals surface area (Å²) < 4.78 is 15.5. The van der Waals surface area contributed by atoms with Gasteiger partial charge in [-0.2, -0.15) is 5.26 Å². The molecule has 2 atom stereocenters. The predicted molar refractivity (Wildman–Crippen MR) is 177 cm³/mol. The van der Waals surface area contributed by atoms with E-state index in [0.29, 0.717) is 51.6 Å². The minimum Gasteiger partial charge on any atom is -0.331 e. The predicted octanol–water partition coefficient (Wildman–Crippen LogP) is 7.74. The summed E-state index contributed by atoms with van der Waals surface area (Å²) in [6, 6.07) is 20.5. The second-order valence-electron chi connectivity index (χ2n) is 10.5. The topological polar surface area (TPSA) is 86.0 Å². The molecule has 0 bridgehead atoms. The first kappa shape index (κ1) is 33.1. The van der Waals surface area contributed by atoms with Gasteiger partial charge in [-0.25, -0.2) is 19.8 Å². The minimum atomic E-state index is -0.768. The first-order valence-corrected chi connectivity index (χ1v) is 15.4. The molecule has 228 valence electrons. The summed E-state index contributed by atoms with van der Waals surface area (Å²) in [7, 11) is 0. The Labute approximate surface area is 272 Å². The summed E-state index contributed by atoms with van der Waals surface area (Å²) in [6.07, 6.45) is 5.38. The molecule has 2 N–H and O–H groups in total. The summed E-state index contributed by atoms with van der Waals surface area (Å²) in [4.78, 5) is 19.0. The second-order valence-corrected chi connectivity index (χ2v) is 11.7. The van der Waals surface area contributed by atoms with Gasteiger partial charge in [-0.15, -0.1) is 0 Å². The molecule has 1 heterocycles. The number of carbonyl (C=O) groups excluding carboxylic acids is 1. The van der Waals surface area contributed by atoms with Gasteiger partial charge in [0.05, 0.1) is 39.6 Å². The van der Waals surface area contributed by atoms with E-state index in [2.05, 4.69) is 35.6 Å². The number of thiocarbonyl (C=S) groups is 1. The highest BCUT2D eigenvalue weighted by atomic mass is 35.5. The molecule has 3 aromatic carbocycles. The van der Waals surface area contributed by atoms with Crippen LogP contribution in [-0.4, -0.2) is 32.1 Å². The zero-order valence-electron chi connectivity index (χ0n) is 24.4. The summed E-state index contributed by atoms with van der Waals surface area (Å²) in [5, 5.41) is 14.5. The molecule has 0 aliphatic carbocycles. The lowest BCUT2D eigenvalue weighted by Gasteiger charge is -2.29. The Kier molecular flexibility index (Phi) is 11.9. The van der Waals surface area contributed by atoms with Gasteiger partial charge in [0.1, 0.15) is 5.82 Å². The molecule has 7 nitrogen and oxygen atoms in total. The van der Waals surface area contributed by atoms with Gasteiger partial charge in [-0.05, 0) is 84.6 Å². The monoisotopic (exact) mass is 650 g/mol. The van der Waals surface area contributed by atoms with Crippen LogP contribution in [-0.2, 0) is 17.8 Å². The lowest BCUT2D eigenvalue weighted by atomic mass is 9.95. The number of benzene rings is 3. The third-order valence-electron chi connectivity index (χ3n) is 7.41. The van der Waals surface area contributed by atoms with Crippen LogP contribution >= 0.6 is 35.4 Å². The summed E-state index contributed by atoms with van der Waals surface area (Å²) in [5.74, 6) is -1.04. The van der Waals surface area contributed by atoms with Crippen molar-refractivity contribution >= 4 is 52.1 Å². The van der Waals surface area contributed by atoms with Gasteiger partial charge < -0.3 is 9.88 Å². The van der Waals surface area contributed by atoms with Crippen molar-refractivity contribution in [3.8, 4) is 6.07 Å². The number of carbonyl (C=O) groups is 1. The van der Waals surface area contributed by atoms with Crippen molar-refractivity contribution in [1.82, 2.24) is 20.0 Å². The number of nitrogens with zero attached hydrogens (tertiary/aromatic N) is 4. The third-order valence-corrected chi connectivity index (χ3v) is 8.56. The largest absolute Gasteiger partial charge is 0.331 e. The molecule has 44 heavy (non-hydrogen) atoms. The number of anilines is 1. The fraction of sp³-hybridized carbons (Fsp3) is 0.273. The number of hydrazine groups is 1. The number of imidazole rings is 1. The van der Waals surface area contributed by atoms with Crippen LogP contribution in [0.15, 0.2) is 79.3 Å². The van der Waals surface area contributed by atoms with Crippen LogP contribution in [0, 0.1) is 23.1 Å². The molecule has 1 aromatic heterocycles. The maximum absolute atomic E-state index is 14.6. The van der Waals surface area contributed by atoms with E-state index >= 15 is 0 Å². The van der Waals surface area contributed by atoms with Gasteiger partial charge in [0.25, 0.3) is 5.91 Å². The summed E-state index contributed by atoms with van der Waals surface area (Å²) in [6.45, 7) is 5.19. The Morgan fingerprint density at radius 1 is 1.14 bits per heavy atom. The van der Waals surface area contributed by atoms with E-state index < -0.39 is 5.92 Å². The SMILES string of the molecule is CC[C@H](C)CCNN(C(=O)C(Cc1cccc(Cl)c1Cl)c1cncn1Cc1ccc(C#N)cc1)C(=S)Nc1ccc(F)cc1. The fourth-order valence-corrected chi connectivity index (χ4v) is 5.29. The molecule has 4 aromatic rings. The quantitative estimate of drug-likeness (QED) is 0.120. The van der Waals surface area contributed by atoms with Crippen LogP contribution in [0.25, 0.3) is 0 Å². The number of aromatic nitrogens is 2. The molecule has 1 unspecified atom stereocenters. The lowest BCUT2D eigenvalue weighted by Crippen LogP contribution is -2.51. The van der Waals surface area contributed by atoms with Gasteiger partial charge >= 0.3 is 0 Å². The Hall–Kier alpha value is -3.81. The normalized spacial score (nSPS) is 12.3. The van der Waals surface area contributed by atoms with E-state index in [1.54, 1.807) is 48.9 Å². The molecule has 4 rings (SSSR count). The minimum absolute atomic E-state index is 0.117. The molecule has 0 spiro atoms. The maximum Gasteiger partial charge on any atom is 0.252 e. The van der Waals surface area contributed by atoms with E-state index in [-0.39, 0.29) is 23.3 Å². The number of rotatable bonds is 12. The number of amides is 1. The van der Waals surface area contributed by atoms with Crippen LogP contribution in [0.3, 0.4) is 0 Å². The molecule has 0 fully saturated rings. The highest BCUT2D eigenvalue weighted by molar-refractivity contribution is 7.80. The average Bonchev–Trinajstić information content (AvgIpc) is 3.48. The third kappa shape index (κ3) is 8.64. The second kappa shape index (κ2) is 15.8. The standard InChI is InChI=1S/C33H33Cl2FN6OS/c1-3-22(2)15-16-39-42(33(44)40-27-13-11-26(36)12-14-27)32(43)28(17-25-5-4-6-29(34)31(25)35)30-19-38-21-41(30)20-24-9-7-23(18-37)8-10-24/h4-14,19,21-22,28,39H,3,15-17,20H2,1-2H3,(H,40,44)/t22-,28?/m0/s1. The maximum atomic E-state index is 14.6. The average molecular weight is 652 g/mol. The van der Waals surface area contributed by atoms with Crippen molar-refractivity contribution in [3.05, 3.63) is 118 Å². The Morgan fingerprint density at radius 2 is 1.86 bits per heavy atom. The van der Waals surface area contributed by atoms with E-state index in [0.717, 1.165) is 18.4 Å². The first-order chi connectivity index (χ1) is 21.2. The van der Waals surface area contributed by atoms with E-state index in [1.165, 1.54) is 17.1 Å². The van der Waals surface area contributed by atoms with Gasteiger partial charge in [0, 0.05) is 25.0 Å². The molecule has 1 amide bonds. The summed E-state index contributed by atoms with van der Waals surface area (Å²) >= 11 is 18.7. The van der Waals surface area contributed by atoms with Crippen molar-refractivity contribution in [1.29, 1.82) is 5.26 Å². The smallest absolute Gasteiger partial charge is 0.252 e. The van der Waals surface area contributed by atoms with Gasteiger partial charge in [0.15, 0.2) is 5.11 Å². The van der Waals surface area contributed by atoms with Crippen molar-refractivity contribution in [3.63, 3.8) is 0 Å². The summed E-state index contributed by atoms with van der Waals surface area (Å²) in [5.41, 5.74) is 6.62. The molecule has 11 heteroatoms. The zero-order chi connectivity index (χ0) is 31.6. The van der Waals surface area contributed by atoms with E-state index in [1.807, 2.05) is 22.8 Å². The fourth-order valence-electron chi connectivity index (χ4n) is 4.62. The van der Waals surface area contributed by atoms with Crippen LogP contribution in [0.5, 0.6) is 0 Å². The molecule has 0 aliphatic rings. The molecule has 0 radical (unpaired) electrons. The van der Waals surface area contributed by atoms with Crippen LogP contribution in [0.4, 0.5) is 10.1 Å². The van der Waals surface area contributed by atoms with E-state index in [4.69, 9.17) is 35.4 Å². The zero-order valence-corrected chi connectivity index (χ0v) is 26.8. The molecule has 0 saturated heterocycles. The molecule has 0 aliphatic heterocycles. The highest BCUT2D eigenvalue weighted by Crippen LogP contribution is 2.31. The van der Waals surface area contributed by atoms with Gasteiger partial charge in [0.2, 0.25) is 0 Å². The number of hydrogen-bond donors (Lipinski definition) is 2. The molecular weight excluding hydrogens is 618 g/mol. The Balaban J connectivity index is 1.71. The van der Waals surface area contributed by atoms with Gasteiger partial charge in [-0.3, -0.25) is 4.79 Å². The number of hydrogen-bond acceptors (Lipinski definition) is 5. The van der Waals surface area contributed by atoms with Crippen molar-refractivity contribution in [2.75, 3.05) is 11.9 Å². The Morgan fingerprint density at radius 3 is 2.55 bits per heavy atom. The number of halogens is 3. The van der Waals surface area contributed by atoms with Crippen LogP contribution in [0.1, 0.15) is 55.0 Å².